The molecule has 3 N–H and O–H groups in total. The molecule has 1 saturated heterocycles. The fraction of sp³-hybridized carbons (Fsp3) is 0.600. The van der Waals surface area contributed by atoms with Crippen molar-refractivity contribution in [2.45, 2.75) is 51.5 Å². The van der Waals surface area contributed by atoms with Crippen LogP contribution in [0.3, 0.4) is 0 Å². The average Bonchev–Trinajstić information content (AvgIpc) is 2.86. The monoisotopic (exact) mass is 310 g/mol. The lowest BCUT2D eigenvalue weighted by Gasteiger charge is -2.16. The number of ether oxygens (including phenoxy) is 1. The van der Waals surface area contributed by atoms with Crippen LogP contribution in [-0.2, 0) is 4.74 Å². The van der Waals surface area contributed by atoms with Gasteiger partial charge in [-0.3, -0.25) is 14.3 Å². The predicted octanol–water partition coefficient (Wildman–Crippen LogP) is 0.381. The van der Waals surface area contributed by atoms with Crippen molar-refractivity contribution < 1.29 is 14.9 Å². The molecule has 0 aliphatic carbocycles. The number of aliphatic hydroxyl groups excluding tert-OH is 2. The number of nitrogens with zero attached hydrogens (tertiary/aromatic N) is 1. The standard InChI is InChI=1S/C15H22N2O5/c1-3-5-9(4-2)10-7-17(15(21)16-14(10)20)13-6-11(19)12(8-18)22-13/h5,7,11-13,18-19H,3-4,6,8H2,1-2H3,(H,16,20,21)/b9-5+/t11-,12+,13+/m0/s1. The summed E-state index contributed by atoms with van der Waals surface area (Å²) in [5, 5.41) is 18.9. The van der Waals surface area contributed by atoms with Crippen molar-refractivity contribution in [3.05, 3.63) is 38.7 Å². The van der Waals surface area contributed by atoms with Crippen molar-refractivity contribution >= 4 is 5.57 Å². The largest absolute Gasteiger partial charge is 0.394 e. The molecule has 122 valence electrons. The third-order valence-electron chi connectivity index (χ3n) is 3.84. The number of aromatic nitrogens is 2. The summed E-state index contributed by atoms with van der Waals surface area (Å²) in [7, 11) is 0. The Labute approximate surface area is 127 Å². The molecule has 2 heterocycles. The molecule has 22 heavy (non-hydrogen) atoms. The Bertz CT molecular complexity index is 661. The topological polar surface area (TPSA) is 105 Å². The summed E-state index contributed by atoms with van der Waals surface area (Å²) in [6.45, 7) is 3.59. The van der Waals surface area contributed by atoms with Crippen LogP contribution < -0.4 is 11.2 Å². The van der Waals surface area contributed by atoms with E-state index in [-0.39, 0.29) is 13.0 Å². The molecule has 0 saturated carbocycles. The first kappa shape index (κ1) is 16.7. The second-order valence-corrected chi connectivity index (χ2v) is 5.32. The van der Waals surface area contributed by atoms with Crippen LogP contribution in [-0.4, -0.2) is 38.6 Å². The van der Waals surface area contributed by atoms with E-state index < -0.39 is 29.7 Å². The SMILES string of the molecule is CC/C=C(\CC)c1cn([C@H]2C[C@H](O)[C@@H](CO)O2)c(=O)[nH]c1=O. The zero-order valence-corrected chi connectivity index (χ0v) is 12.8. The Morgan fingerprint density at radius 2 is 2.23 bits per heavy atom. The number of aliphatic hydroxyl groups is 2. The zero-order valence-electron chi connectivity index (χ0n) is 12.8. The Hall–Kier alpha value is -1.70. The van der Waals surface area contributed by atoms with Crippen molar-refractivity contribution in [1.82, 2.24) is 9.55 Å². The molecule has 0 bridgehead atoms. The van der Waals surface area contributed by atoms with Crippen LogP contribution in [0.5, 0.6) is 0 Å². The van der Waals surface area contributed by atoms with E-state index >= 15 is 0 Å². The van der Waals surface area contributed by atoms with Gasteiger partial charge in [0.25, 0.3) is 5.56 Å². The number of allylic oxidation sites excluding steroid dienone is 2. The van der Waals surface area contributed by atoms with Crippen LogP contribution in [0.1, 0.15) is 44.9 Å². The van der Waals surface area contributed by atoms with Crippen molar-refractivity contribution in [2.24, 2.45) is 0 Å². The molecule has 0 spiro atoms. The van der Waals surface area contributed by atoms with Crippen LogP contribution in [0.2, 0.25) is 0 Å². The highest BCUT2D eigenvalue weighted by Gasteiger charge is 2.35. The second-order valence-electron chi connectivity index (χ2n) is 5.32. The number of H-pyrrole nitrogens is 1. The first-order chi connectivity index (χ1) is 10.5. The minimum Gasteiger partial charge on any atom is -0.394 e. The van der Waals surface area contributed by atoms with Gasteiger partial charge in [0, 0.05) is 12.6 Å². The van der Waals surface area contributed by atoms with Gasteiger partial charge in [-0.1, -0.05) is 19.9 Å². The molecule has 7 heteroatoms. The molecule has 1 fully saturated rings. The van der Waals surface area contributed by atoms with Crippen LogP contribution in [0.15, 0.2) is 21.9 Å². The van der Waals surface area contributed by atoms with Gasteiger partial charge in [-0.2, -0.15) is 0 Å². The van der Waals surface area contributed by atoms with Crippen molar-refractivity contribution in [2.75, 3.05) is 6.61 Å². The van der Waals surface area contributed by atoms with Crippen LogP contribution in [0, 0.1) is 0 Å². The molecule has 1 aromatic rings. The minimum atomic E-state index is -0.839. The van der Waals surface area contributed by atoms with Crippen molar-refractivity contribution in [3.8, 4) is 0 Å². The Morgan fingerprint density at radius 1 is 1.50 bits per heavy atom. The van der Waals surface area contributed by atoms with Gasteiger partial charge < -0.3 is 14.9 Å². The first-order valence-corrected chi connectivity index (χ1v) is 7.51. The van der Waals surface area contributed by atoms with E-state index in [0.29, 0.717) is 12.0 Å². The zero-order chi connectivity index (χ0) is 16.3. The Balaban J connectivity index is 2.44. The molecule has 0 aromatic carbocycles. The molecular weight excluding hydrogens is 288 g/mol. The Morgan fingerprint density at radius 3 is 2.77 bits per heavy atom. The molecule has 1 aromatic heterocycles. The lowest BCUT2D eigenvalue weighted by atomic mass is 10.1. The Kier molecular flexibility index (Phi) is 5.33. The van der Waals surface area contributed by atoms with Gasteiger partial charge >= 0.3 is 5.69 Å². The second kappa shape index (κ2) is 7.04. The van der Waals surface area contributed by atoms with Gasteiger partial charge in [0.1, 0.15) is 12.3 Å². The van der Waals surface area contributed by atoms with Gasteiger partial charge in [-0.15, -0.1) is 0 Å². The third kappa shape index (κ3) is 3.21. The normalized spacial score (nSPS) is 25.6. The van der Waals surface area contributed by atoms with Gasteiger partial charge in [-0.05, 0) is 18.4 Å². The maximum absolute atomic E-state index is 12.0. The van der Waals surface area contributed by atoms with Crippen molar-refractivity contribution in [1.29, 1.82) is 0 Å². The number of hydrogen-bond acceptors (Lipinski definition) is 5. The van der Waals surface area contributed by atoms with Gasteiger partial charge in [0.15, 0.2) is 0 Å². The van der Waals surface area contributed by atoms with Crippen LogP contribution in [0.25, 0.3) is 5.57 Å². The fourth-order valence-corrected chi connectivity index (χ4v) is 2.67. The lowest BCUT2D eigenvalue weighted by Crippen LogP contribution is -2.34. The molecule has 1 aliphatic rings. The van der Waals surface area contributed by atoms with E-state index in [9.17, 15) is 14.7 Å². The summed E-state index contributed by atoms with van der Waals surface area (Å²) < 4.78 is 6.75. The molecule has 0 unspecified atom stereocenters. The fourth-order valence-electron chi connectivity index (χ4n) is 2.67. The van der Waals surface area contributed by atoms with Gasteiger partial charge in [-0.25, -0.2) is 4.79 Å². The maximum atomic E-state index is 12.0. The highest BCUT2D eigenvalue weighted by atomic mass is 16.5. The lowest BCUT2D eigenvalue weighted by molar-refractivity contribution is -0.0459. The molecule has 0 amide bonds. The summed E-state index contributed by atoms with van der Waals surface area (Å²) in [6.07, 6.45) is 2.81. The summed E-state index contributed by atoms with van der Waals surface area (Å²) in [4.78, 5) is 26.3. The average molecular weight is 310 g/mol. The number of hydrogen-bond donors (Lipinski definition) is 3. The van der Waals surface area contributed by atoms with E-state index in [1.54, 1.807) is 0 Å². The molecule has 7 nitrogen and oxygen atoms in total. The molecule has 3 atom stereocenters. The summed E-state index contributed by atoms with van der Waals surface area (Å²) >= 11 is 0. The van der Waals surface area contributed by atoms with Crippen molar-refractivity contribution in [3.63, 3.8) is 0 Å². The third-order valence-corrected chi connectivity index (χ3v) is 3.84. The van der Waals surface area contributed by atoms with Gasteiger partial charge in [0.2, 0.25) is 0 Å². The number of aromatic amines is 1. The van der Waals surface area contributed by atoms with Crippen LogP contribution in [0.4, 0.5) is 0 Å². The highest BCUT2D eigenvalue weighted by Crippen LogP contribution is 2.27. The quantitative estimate of drug-likeness (QED) is 0.729. The summed E-state index contributed by atoms with van der Waals surface area (Å²) in [5.41, 5.74) is 0.265. The maximum Gasteiger partial charge on any atom is 0.330 e. The highest BCUT2D eigenvalue weighted by molar-refractivity contribution is 5.63. The van der Waals surface area contributed by atoms with E-state index in [1.165, 1.54) is 10.8 Å². The summed E-state index contributed by atoms with van der Waals surface area (Å²) in [5.74, 6) is 0. The molecule has 0 radical (unpaired) electrons. The molecule has 2 rings (SSSR count). The summed E-state index contributed by atoms with van der Waals surface area (Å²) in [6, 6.07) is 0. The minimum absolute atomic E-state index is 0.190. The van der Waals surface area contributed by atoms with E-state index in [4.69, 9.17) is 9.84 Å². The predicted molar refractivity (Wildman–Crippen MR) is 81.5 cm³/mol. The van der Waals surface area contributed by atoms with Crippen LogP contribution >= 0.6 is 0 Å². The molecule has 1 aliphatic heterocycles. The van der Waals surface area contributed by atoms with Gasteiger partial charge in [0.05, 0.1) is 18.3 Å². The first-order valence-electron chi connectivity index (χ1n) is 7.51. The van der Waals surface area contributed by atoms with E-state index in [0.717, 1.165) is 12.0 Å². The smallest absolute Gasteiger partial charge is 0.330 e. The molecular formula is C15H22N2O5. The number of rotatable bonds is 5. The van der Waals surface area contributed by atoms with E-state index in [1.807, 2.05) is 19.9 Å². The number of nitrogens with one attached hydrogen (secondary N) is 1. The van der Waals surface area contributed by atoms with E-state index in [2.05, 4.69) is 4.98 Å².